The molecule has 1 heterocycles. The van der Waals surface area contributed by atoms with Gasteiger partial charge in [-0.3, -0.25) is 0 Å². The van der Waals surface area contributed by atoms with Crippen LogP contribution in [0.4, 0.5) is 0 Å². The van der Waals surface area contributed by atoms with E-state index < -0.39 is 0 Å². The van der Waals surface area contributed by atoms with E-state index in [0.29, 0.717) is 0 Å². The molecule has 0 unspecified atom stereocenters. The summed E-state index contributed by atoms with van der Waals surface area (Å²) in [6.07, 6.45) is 5.26. The Hall–Kier alpha value is 1.06. The summed E-state index contributed by atoms with van der Waals surface area (Å²) in [5.41, 5.74) is 0.420. The third-order valence-electron chi connectivity index (χ3n) is 2.88. The van der Waals surface area contributed by atoms with Gasteiger partial charge in [-0.05, 0) is 5.92 Å². The maximum Gasteiger partial charge on any atom is 0 e. The van der Waals surface area contributed by atoms with Crippen LogP contribution < -0.4 is 0 Å². The first-order valence-electron chi connectivity index (χ1n) is 5.59. The van der Waals surface area contributed by atoms with Crippen LogP contribution in [0, 0.1) is 5.92 Å². The van der Waals surface area contributed by atoms with Crippen LogP contribution in [0.25, 0.3) is 5.32 Å². The minimum atomic E-state index is 0. The summed E-state index contributed by atoms with van der Waals surface area (Å²) in [5, 5.41) is 4.88. The minimum Gasteiger partial charge on any atom is -0.652 e. The Bertz CT molecular complexity index is 159. The predicted molar refractivity (Wildman–Crippen MR) is 59.1 cm³/mol. The van der Waals surface area contributed by atoms with E-state index in [1.807, 2.05) is 0 Å². The molecule has 1 saturated heterocycles. The molecular weight excluding hydrogens is 247 g/mol. The molecule has 1 aliphatic heterocycles. The first-order chi connectivity index (χ1) is 5.85. The Morgan fingerprint density at radius 3 is 1.86 bits per heavy atom. The fourth-order valence-corrected chi connectivity index (χ4v) is 3.01. The standard InChI is InChI=1S/C12H24N.Y/c1-6-7-10-8-11(2,3)13-12(4,5)9-10;/h10H,6-9H2,1-5H3;/q-1;. The maximum absolute atomic E-state index is 4.88. The van der Waals surface area contributed by atoms with E-state index in [-0.39, 0.29) is 43.8 Å². The SMILES string of the molecule is CCCC1CC(C)(C)[N-]C(C)(C)C1.[Y]. The summed E-state index contributed by atoms with van der Waals surface area (Å²) in [5.74, 6) is 0.896. The van der Waals surface area contributed by atoms with Gasteiger partial charge in [0, 0.05) is 32.7 Å². The molecule has 0 bridgehead atoms. The number of nitrogens with zero attached hydrogens (tertiary/aromatic N) is 1. The molecule has 0 saturated carbocycles. The maximum atomic E-state index is 4.88. The first-order valence-corrected chi connectivity index (χ1v) is 5.59. The second-order valence-corrected chi connectivity index (χ2v) is 5.80. The van der Waals surface area contributed by atoms with E-state index in [2.05, 4.69) is 34.6 Å². The van der Waals surface area contributed by atoms with Gasteiger partial charge < -0.3 is 5.32 Å². The van der Waals surface area contributed by atoms with Crippen LogP contribution in [0.2, 0.25) is 0 Å². The van der Waals surface area contributed by atoms with Gasteiger partial charge in [-0.1, -0.05) is 60.3 Å². The zero-order valence-corrected chi connectivity index (χ0v) is 13.3. The fraction of sp³-hybridized carbons (Fsp3) is 1.00. The number of rotatable bonds is 2. The molecule has 14 heavy (non-hydrogen) atoms. The second-order valence-electron chi connectivity index (χ2n) is 5.80. The Morgan fingerprint density at radius 1 is 1.07 bits per heavy atom. The third kappa shape index (κ3) is 4.72. The number of hydrogen-bond donors (Lipinski definition) is 0. The quantitative estimate of drug-likeness (QED) is 0.717. The molecule has 0 aromatic heterocycles. The van der Waals surface area contributed by atoms with Gasteiger partial charge in [-0.25, -0.2) is 0 Å². The van der Waals surface area contributed by atoms with Crippen molar-refractivity contribution in [3.8, 4) is 0 Å². The average molecular weight is 271 g/mol. The van der Waals surface area contributed by atoms with Gasteiger partial charge in [-0.15, -0.1) is 11.1 Å². The Kier molecular flexibility index (Phi) is 5.82. The van der Waals surface area contributed by atoms with E-state index in [1.54, 1.807) is 0 Å². The molecule has 0 amide bonds. The van der Waals surface area contributed by atoms with E-state index in [9.17, 15) is 0 Å². The van der Waals surface area contributed by atoms with Crippen molar-refractivity contribution in [3.63, 3.8) is 0 Å². The van der Waals surface area contributed by atoms with Crippen molar-refractivity contribution in [2.45, 2.75) is 71.4 Å². The van der Waals surface area contributed by atoms with E-state index in [0.717, 1.165) is 5.92 Å². The van der Waals surface area contributed by atoms with Crippen LogP contribution in [0.15, 0.2) is 0 Å². The van der Waals surface area contributed by atoms with Crippen molar-refractivity contribution in [2.75, 3.05) is 0 Å². The van der Waals surface area contributed by atoms with E-state index in [4.69, 9.17) is 5.32 Å². The topological polar surface area (TPSA) is 14.1 Å². The van der Waals surface area contributed by atoms with Gasteiger partial charge in [0.1, 0.15) is 0 Å². The minimum absolute atomic E-state index is 0. The molecule has 1 radical (unpaired) electrons. The molecule has 0 aliphatic carbocycles. The van der Waals surface area contributed by atoms with Gasteiger partial charge in [-0.2, -0.15) is 0 Å². The molecule has 0 N–H and O–H groups in total. The van der Waals surface area contributed by atoms with Crippen molar-refractivity contribution in [1.82, 2.24) is 0 Å². The molecule has 0 aromatic rings. The van der Waals surface area contributed by atoms with Crippen LogP contribution in [0.1, 0.15) is 60.3 Å². The Balaban J connectivity index is 0.00000169. The van der Waals surface area contributed by atoms with Crippen molar-refractivity contribution in [2.24, 2.45) is 5.92 Å². The molecule has 1 rings (SSSR count). The van der Waals surface area contributed by atoms with Gasteiger partial charge in [0.2, 0.25) is 0 Å². The molecular formula is C12H24NY-. The molecule has 0 spiro atoms. The Morgan fingerprint density at radius 2 is 1.50 bits per heavy atom. The number of hydrogen-bond acceptors (Lipinski definition) is 0. The predicted octanol–water partition coefficient (Wildman–Crippen LogP) is 4.12. The van der Waals surface area contributed by atoms with Crippen molar-refractivity contribution >= 4 is 0 Å². The van der Waals surface area contributed by atoms with Gasteiger partial charge >= 0.3 is 0 Å². The largest absolute Gasteiger partial charge is 0.652 e. The summed E-state index contributed by atoms with van der Waals surface area (Å²) >= 11 is 0. The van der Waals surface area contributed by atoms with Crippen molar-refractivity contribution in [3.05, 3.63) is 5.32 Å². The molecule has 1 fully saturated rings. The fourth-order valence-electron chi connectivity index (χ4n) is 3.01. The van der Waals surface area contributed by atoms with Crippen LogP contribution in [0.5, 0.6) is 0 Å². The second kappa shape index (κ2) is 5.41. The summed E-state index contributed by atoms with van der Waals surface area (Å²) in [7, 11) is 0. The summed E-state index contributed by atoms with van der Waals surface area (Å²) in [6, 6.07) is 0. The average Bonchev–Trinajstić information content (AvgIpc) is 1.78. The smallest absolute Gasteiger partial charge is 0 e. The third-order valence-corrected chi connectivity index (χ3v) is 2.88. The van der Waals surface area contributed by atoms with Crippen LogP contribution in [-0.2, 0) is 32.7 Å². The molecule has 0 atom stereocenters. The summed E-state index contributed by atoms with van der Waals surface area (Å²) < 4.78 is 0. The summed E-state index contributed by atoms with van der Waals surface area (Å²) in [6.45, 7) is 11.4. The van der Waals surface area contributed by atoms with Crippen LogP contribution in [0.3, 0.4) is 0 Å². The van der Waals surface area contributed by atoms with Crippen LogP contribution >= 0.6 is 0 Å². The van der Waals surface area contributed by atoms with Crippen molar-refractivity contribution < 1.29 is 32.7 Å². The summed E-state index contributed by atoms with van der Waals surface area (Å²) in [4.78, 5) is 0. The molecule has 1 nitrogen and oxygen atoms in total. The van der Waals surface area contributed by atoms with E-state index in [1.165, 1.54) is 25.7 Å². The zero-order chi connectivity index (χ0) is 10.1. The van der Waals surface area contributed by atoms with Gasteiger partial charge in [0.05, 0.1) is 0 Å². The van der Waals surface area contributed by atoms with Crippen LogP contribution in [-0.4, -0.2) is 11.1 Å². The van der Waals surface area contributed by atoms with E-state index >= 15 is 0 Å². The molecule has 1 aliphatic rings. The monoisotopic (exact) mass is 271 g/mol. The first kappa shape index (κ1) is 15.1. The molecule has 2 heteroatoms. The Labute approximate surface area is 115 Å². The zero-order valence-electron chi connectivity index (χ0n) is 10.4. The molecule has 0 aromatic carbocycles. The van der Waals surface area contributed by atoms with Gasteiger partial charge in [0.15, 0.2) is 0 Å². The number of piperidine rings is 1. The molecule has 81 valence electrons. The van der Waals surface area contributed by atoms with Gasteiger partial charge in [0.25, 0.3) is 0 Å². The normalized spacial score (nSPS) is 25.5. The van der Waals surface area contributed by atoms with Crippen molar-refractivity contribution in [1.29, 1.82) is 0 Å².